The summed E-state index contributed by atoms with van der Waals surface area (Å²) in [6, 6.07) is 10.4. The third-order valence-electron chi connectivity index (χ3n) is 12.4. The Morgan fingerprint density at radius 3 is 2.42 bits per heavy atom. The molecular weight excluding hydrogens is 800 g/mol. The van der Waals surface area contributed by atoms with Crippen molar-refractivity contribution in [2.45, 2.75) is 108 Å². The zero-order valence-corrected chi connectivity index (χ0v) is 35.2. The van der Waals surface area contributed by atoms with Gasteiger partial charge < -0.3 is 15.0 Å². The average Bonchev–Trinajstić information content (AvgIpc) is 3.61. The highest BCUT2D eigenvalue weighted by atomic mass is 32.1. The first-order valence-electron chi connectivity index (χ1n) is 20.4. The number of imide groups is 1. The Hall–Kier alpha value is -4.96. The second kappa shape index (κ2) is 16.8. The Kier molecular flexibility index (Phi) is 12.1. The number of halogens is 3. The summed E-state index contributed by atoms with van der Waals surface area (Å²) in [6.07, 6.45) is -1.25. The number of aryl methyl sites for hydroxylation is 1. The van der Waals surface area contributed by atoms with E-state index >= 15 is 0 Å². The zero-order valence-electron chi connectivity index (χ0n) is 34.3. The van der Waals surface area contributed by atoms with Crippen molar-refractivity contribution < 1.29 is 37.1 Å². The summed E-state index contributed by atoms with van der Waals surface area (Å²) in [7, 11) is 1.77. The van der Waals surface area contributed by atoms with E-state index in [-0.39, 0.29) is 65.7 Å². The Bertz CT molecular complexity index is 2240. The van der Waals surface area contributed by atoms with Crippen LogP contribution < -0.4 is 15.5 Å². The summed E-state index contributed by atoms with van der Waals surface area (Å²) in [5.41, 5.74) is -0.825. The Balaban J connectivity index is 0.884. The molecule has 2 aromatic carbocycles. The van der Waals surface area contributed by atoms with Gasteiger partial charge in [0.2, 0.25) is 17.7 Å². The van der Waals surface area contributed by atoms with Crippen molar-refractivity contribution in [2.75, 3.05) is 43.0 Å². The normalized spacial score (nSPS) is 25.5. The number of para-hydroxylation sites is 1. The highest BCUT2D eigenvalue weighted by molar-refractivity contribution is 7.80. The lowest BCUT2D eigenvalue weighted by molar-refractivity contribution is -0.138. The first-order chi connectivity index (χ1) is 28.4. The Morgan fingerprint density at radius 1 is 1.07 bits per heavy atom. The van der Waals surface area contributed by atoms with Gasteiger partial charge in [0, 0.05) is 56.6 Å². The van der Waals surface area contributed by atoms with Gasteiger partial charge in [-0.1, -0.05) is 12.1 Å². The van der Waals surface area contributed by atoms with Crippen molar-refractivity contribution in [3.63, 3.8) is 0 Å². The van der Waals surface area contributed by atoms with Gasteiger partial charge in [-0.15, -0.1) is 0 Å². The number of carbonyl (C=O) groups excluding carboxylic acids is 4. The van der Waals surface area contributed by atoms with Crippen molar-refractivity contribution in [1.82, 2.24) is 29.8 Å². The summed E-state index contributed by atoms with van der Waals surface area (Å²) >= 11 is 5.75. The molecule has 3 aromatic rings. The van der Waals surface area contributed by atoms with Crippen LogP contribution in [0.25, 0.3) is 10.9 Å². The number of fused-ring (bicyclic) bond motifs is 1. The molecule has 60 heavy (non-hydrogen) atoms. The van der Waals surface area contributed by atoms with Gasteiger partial charge in [0.1, 0.15) is 5.54 Å². The largest absolute Gasteiger partial charge is 0.417 e. The summed E-state index contributed by atoms with van der Waals surface area (Å²) < 4.78 is 49.3. The predicted octanol–water partition coefficient (Wildman–Crippen LogP) is 5.06. The number of ether oxygens (including phenoxy) is 1. The maximum Gasteiger partial charge on any atom is 0.417 e. The number of benzene rings is 2. The van der Waals surface area contributed by atoms with E-state index in [1.807, 2.05) is 23.1 Å². The number of piperidine rings is 1. The van der Waals surface area contributed by atoms with Gasteiger partial charge >= 0.3 is 6.18 Å². The predicted molar refractivity (Wildman–Crippen MR) is 221 cm³/mol. The number of anilines is 2. The van der Waals surface area contributed by atoms with Crippen molar-refractivity contribution in [3.05, 3.63) is 53.2 Å². The number of thiocarbonyl (C=S) groups is 1. The number of hydrogen-bond donors (Lipinski definition) is 2. The number of amides is 4. The van der Waals surface area contributed by atoms with E-state index in [0.29, 0.717) is 42.8 Å². The number of nitrogens with one attached hydrogen (secondary N) is 2. The maximum atomic E-state index is 13.8. The molecule has 1 aliphatic carbocycles. The molecule has 3 saturated heterocycles. The number of aromatic nitrogens is 2. The molecule has 320 valence electrons. The first kappa shape index (κ1) is 43.1. The summed E-state index contributed by atoms with van der Waals surface area (Å²) in [5, 5.41) is 20.2. The second-order valence-corrected chi connectivity index (χ2v) is 17.3. The first-order valence-corrected chi connectivity index (χ1v) is 20.8. The topological polar surface area (TPSA) is 156 Å². The van der Waals surface area contributed by atoms with Crippen molar-refractivity contribution in [3.8, 4) is 6.07 Å². The zero-order chi connectivity index (χ0) is 43.3. The molecule has 18 heteroatoms. The monoisotopic (exact) mass is 849 g/mol. The van der Waals surface area contributed by atoms with Gasteiger partial charge in [0.15, 0.2) is 5.11 Å². The van der Waals surface area contributed by atoms with Gasteiger partial charge in [-0.2, -0.15) is 23.5 Å². The smallest absolute Gasteiger partial charge is 0.377 e. The molecule has 3 atom stereocenters. The number of piperazine rings is 1. The molecule has 7 rings (SSSR count). The molecule has 4 aliphatic rings. The lowest BCUT2D eigenvalue weighted by atomic mass is 9.89. The van der Waals surface area contributed by atoms with Crippen LogP contribution in [0.4, 0.5) is 24.5 Å². The van der Waals surface area contributed by atoms with Crippen LogP contribution in [0.5, 0.6) is 0 Å². The maximum absolute atomic E-state index is 13.8. The van der Waals surface area contributed by atoms with Gasteiger partial charge in [-0.3, -0.25) is 43.9 Å². The van der Waals surface area contributed by atoms with Crippen molar-refractivity contribution in [1.29, 1.82) is 5.26 Å². The van der Waals surface area contributed by atoms with Gasteiger partial charge in [-0.25, -0.2) is 0 Å². The molecule has 2 N–H and O–H groups in total. The molecule has 3 aliphatic heterocycles. The molecule has 4 amide bonds. The number of hydrogen-bond acceptors (Lipinski definition) is 10. The second-order valence-electron chi connectivity index (χ2n) is 16.9. The highest BCUT2D eigenvalue weighted by Crippen LogP contribution is 2.41. The van der Waals surface area contributed by atoms with Gasteiger partial charge in [0.05, 0.1) is 65.0 Å². The number of rotatable bonds is 10. The van der Waals surface area contributed by atoms with E-state index < -0.39 is 34.7 Å². The van der Waals surface area contributed by atoms with Gasteiger partial charge in [-0.05, 0) is 96.3 Å². The number of nitrogens with zero attached hydrogens (tertiary/aromatic N) is 7. The van der Waals surface area contributed by atoms with Crippen LogP contribution in [-0.4, -0.2) is 116 Å². The average molecular weight is 850 g/mol. The van der Waals surface area contributed by atoms with Crippen LogP contribution in [0.15, 0.2) is 36.4 Å². The molecule has 14 nitrogen and oxygen atoms in total. The van der Waals surface area contributed by atoms with E-state index in [1.54, 1.807) is 31.6 Å². The van der Waals surface area contributed by atoms with E-state index in [2.05, 4.69) is 39.4 Å². The quantitative estimate of drug-likeness (QED) is 0.208. The third kappa shape index (κ3) is 8.37. The fourth-order valence-electron chi connectivity index (χ4n) is 9.47. The molecule has 1 aromatic heterocycles. The minimum absolute atomic E-state index is 0.0151. The molecule has 4 heterocycles. The SMILES string of the molecule is C[C@@H]1CN(CCOC2CCC(N3C(=S)N(c4ccc(C#N)c(C(F)(F)F)c4)C(=O)C3(C)C)CC2)C[C@H](C)N1CC(=O)Nc1cccc2c(C3CCC(=O)NC3=O)nn(C)c12. The van der Waals surface area contributed by atoms with E-state index in [1.165, 1.54) is 6.07 Å². The van der Waals surface area contributed by atoms with E-state index in [4.69, 9.17) is 17.0 Å². The summed E-state index contributed by atoms with van der Waals surface area (Å²) in [5.74, 6) is -1.77. The summed E-state index contributed by atoms with van der Waals surface area (Å²) in [6.45, 7) is 10.7. The van der Waals surface area contributed by atoms with Gasteiger partial charge in [0.25, 0.3) is 5.91 Å². The molecule has 4 fully saturated rings. The van der Waals surface area contributed by atoms with E-state index in [0.717, 1.165) is 54.9 Å². The highest BCUT2D eigenvalue weighted by Gasteiger charge is 2.52. The van der Waals surface area contributed by atoms with Crippen LogP contribution in [0, 0.1) is 11.3 Å². The van der Waals surface area contributed by atoms with Crippen molar-refractivity contribution >= 4 is 63.2 Å². The Morgan fingerprint density at radius 2 is 1.77 bits per heavy atom. The summed E-state index contributed by atoms with van der Waals surface area (Å²) in [4.78, 5) is 59.0. The lowest BCUT2D eigenvalue weighted by Crippen LogP contribution is -2.58. The fourth-order valence-corrected chi connectivity index (χ4v) is 10.0. The molecule has 0 spiro atoms. The van der Waals surface area contributed by atoms with Crippen LogP contribution in [0.3, 0.4) is 0 Å². The minimum Gasteiger partial charge on any atom is -0.377 e. The van der Waals surface area contributed by atoms with Crippen LogP contribution >= 0.6 is 12.2 Å². The number of nitriles is 1. The Labute approximate surface area is 351 Å². The van der Waals surface area contributed by atoms with Crippen LogP contribution in [0.1, 0.15) is 89.0 Å². The number of carbonyl (C=O) groups is 4. The third-order valence-corrected chi connectivity index (χ3v) is 12.8. The molecular formula is C42H50F3N9O5S. The lowest BCUT2D eigenvalue weighted by Gasteiger charge is -2.44. The minimum atomic E-state index is -4.77. The number of alkyl halides is 3. The van der Waals surface area contributed by atoms with Crippen LogP contribution in [-0.2, 0) is 37.1 Å². The molecule has 0 bridgehead atoms. The standard InChI is InChI=1S/C42H50F3N9O5S/c1-24-21-51(22-25(2)52(24)23-35(56)47-33-8-6-7-30-36(49-50(5)37(30)33)31-15-16-34(55)48-38(31)57)17-18-59-29-13-11-27(12-14-29)54-40(60)53(39(58)41(54,3)4)28-10-9-26(20-46)32(19-28)42(43,44)45/h6-10,19,24-25,27,29,31H,11-18,21-23H2,1-5H3,(H,47,56)(H,48,55,57)/t24-,25+,27?,29?,31?. The molecule has 1 saturated carbocycles. The molecule has 1 unspecified atom stereocenters. The fraction of sp³-hybridized carbons (Fsp3) is 0.548. The molecule has 0 radical (unpaired) electrons. The van der Waals surface area contributed by atoms with Crippen LogP contribution in [0.2, 0.25) is 0 Å². The van der Waals surface area contributed by atoms with Crippen molar-refractivity contribution in [2.24, 2.45) is 7.05 Å². The van der Waals surface area contributed by atoms with E-state index in [9.17, 15) is 37.6 Å².